The van der Waals surface area contributed by atoms with Gasteiger partial charge in [-0.3, -0.25) is 19.7 Å². The number of benzene rings is 1. The van der Waals surface area contributed by atoms with E-state index in [4.69, 9.17) is 21.4 Å². The van der Waals surface area contributed by atoms with E-state index in [2.05, 4.69) is 45.9 Å². The number of fused-ring (bicyclic) bond motifs is 4. The van der Waals surface area contributed by atoms with Crippen LogP contribution in [0.25, 0.3) is 21.8 Å². The molecular weight excluding hydrogens is 498 g/mol. The summed E-state index contributed by atoms with van der Waals surface area (Å²) < 4.78 is 2.20. The van der Waals surface area contributed by atoms with E-state index in [-0.39, 0.29) is 18.0 Å². The van der Waals surface area contributed by atoms with Crippen molar-refractivity contribution >= 4 is 27.7 Å². The minimum atomic E-state index is 0.148. The highest BCUT2D eigenvalue weighted by atomic mass is 16.2. The number of carbonyl (C=O) groups is 1. The normalized spacial score (nSPS) is 18.1. The molecule has 8 heteroatoms. The van der Waals surface area contributed by atoms with E-state index in [0.29, 0.717) is 19.6 Å². The van der Waals surface area contributed by atoms with E-state index in [1.807, 2.05) is 23.4 Å². The molecule has 2 aliphatic rings. The van der Waals surface area contributed by atoms with Crippen LogP contribution in [0, 0.1) is 0 Å². The second-order valence-electron chi connectivity index (χ2n) is 11.4. The Morgan fingerprint density at radius 2 is 1.82 bits per heavy atom. The second kappa shape index (κ2) is 12.0. The molecule has 3 aromatic heterocycles. The van der Waals surface area contributed by atoms with Gasteiger partial charge in [0.1, 0.15) is 6.54 Å². The van der Waals surface area contributed by atoms with Crippen molar-refractivity contribution in [2.45, 2.75) is 70.1 Å². The maximum Gasteiger partial charge on any atom is 0.242 e. The molecule has 0 bridgehead atoms. The molecule has 210 valence electrons. The molecule has 4 heterocycles. The zero-order valence-corrected chi connectivity index (χ0v) is 23.3. The number of amides is 1. The zero-order chi connectivity index (χ0) is 27.5. The van der Waals surface area contributed by atoms with Crippen molar-refractivity contribution in [3.8, 4) is 0 Å². The Hall–Kier alpha value is -3.33. The SMILES string of the molecule is NCCCCN(Cc1nccc2c3ccccc3n(CC(=O)N3CCC(N)CC3)c12)C1CCCc2cccnc21. The molecule has 4 N–H and O–H groups in total. The fraction of sp³-hybridized carbons (Fsp3) is 0.469. The van der Waals surface area contributed by atoms with Crippen molar-refractivity contribution < 1.29 is 4.79 Å². The van der Waals surface area contributed by atoms with Gasteiger partial charge in [0.15, 0.2) is 0 Å². The minimum Gasteiger partial charge on any atom is -0.341 e. The Kier molecular flexibility index (Phi) is 8.09. The summed E-state index contributed by atoms with van der Waals surface area (Å²) in [6.45, 7) is 4.09. The number of aromatic nitrogens is 3. The van der Waals surface area contributed by atoms with Crippen LogP contribution in [0.1, 0.15) is 61.5 Å². The van der Waals surface area contributed by atoms with Gasteiger partial charge in [-0.15, -0.1) is 0 Å². The molecule has 8 nitrogen and oxygen atoms in total. The van der Waals surface area contributed by atoms with Crippen LogP contribution in [-0.2, 0) is 24.3 Å². The number of aryl methyl sites for hydroxylation is 1. The van der Waals surface area contributed by atoms with E-state index < -0.39 is 0 Å². The molecule has 0 spiro atoms. The lowest BCUT2D eigenvalue weighted by Gasteiger charge is -2.35. The van der Waals surface area contributed by atoms with E-state index >= 15 is 0 Å². The fourth-order valence-corrected chi connectivity index (χ4v) is 6.67. The molecule has 1 aliphatic carbocycles. The summed E-state index contributed by atoms with van der Waals surface area (Å²) in [6, 6.07) is 15.2. The lowest BCUT2D eigenvalue weighted by Crippen LogP contribution is -2.44. The molecule has 0 saturated carbocycles. The van der Waals surface area contributed by atoms with Crippen LogP contribution in [0.4, 0.5) is 0 Å². The van der Waals surface area contributed by atoms with Crippen molar-refractivity contribution in [1.29, 1.82) is 0 Å². The molecule has 4 aromatic rings. The first-order chi connectivity index (χ1) is 19.6. The maximum atomic E-state index is 13.6. The van der Waals surface area contributed by atoms with Gasteiger partial charge >= 0.3 is 0 Å². The summed E-state index contributed by atoms with van der Waals surface area (Å²) in [5.74, 6) is 0.148. The fourth-order valence-electron chi connectivity index (χ4n) is 6.67. The van der Waals surface area contributed by atoms with Gasteiger partial charge in [0, 0.05) is 54.4 Å². The van der Waals surface area contributed by atoms with Crippen molar-refractivity contribution in [1.82, 2.24) is 24.3 Å². The second-order valence-corrected chi connectivity index (χ2v) is 11.4. The number of piperidine rings is 1. The number of unbranched alkanes of at least 4 members (excludes halogenated alkanes) is 1. The molecule has 1 aliphatic heterocycles. The Bertz CT molecular complexity index is 1470. The molecule has 0 radical (unpaired) electrons. The lowest BCUT2D eigenvalue weighted by atomic mass is 9.90. The van der Waals surface area contributed by atoms with E-state index in [9.17, 15) is 4.79 Å². The third kappa shape index (κ3) is 5.36. The third-order valence-electron chi connectivity index (χ3n) is 8.80. The quantitative estimate of drug-likeness (QED) is 0.310. The summed E-state index contributed by atoms with van der Waals surface area (Å²) in [5.41, 5.74) is 17.7. The topological polar surface area (TPSA) is 106 Å². The lowest BCUT2D eigenvalue weighted by molar-refractivity contribution is -0.132. The van der Waals surface area contributed by atoms with E-state index in [0.717, 1.165) is 92.1 Å². The van der Waals surface area contributed by atoms with Crippen LogP contribution in [0.2, 0.25) is 0 Å². The summed E-state index contributed by atoms with van der Waals surface area (Å²) in [4.78, 5) is 27.9. The standard InChI is InChI=1S/C32H41N7O/c33-15-3-4-18-38(29-11-5-7-23-8-6-16-36-31(23)29)21-27-32-26(12-17-35-27)25-9-1-2-10-28(25)39(32)22-30(40)37-19-13-24(34)14-20-37/h1-2,6,8-10,12,16-17,24,29H,3-5,7,11,13-15,18-22,33-34H2. The Morgan fingerprint density at radius 3 is 2.67 bits per heavy atom. The molecule has 1 atom stereocenters. The highest BCUT2D eigenvalue weighted by Gasteiger charge is 2.29. The van der Waals surface area contributed by atoms with Gasteiger partial charge in [-0.2, -0.15) is 0 Å². The van der Waals surface area contributed by atoms with Gasteiger partial charge < -0.3 is 20.9 Å². The van der Waals surface area contributed by atoms with E-state index in [1.165, 1.54) is 11.3 Å². The van der Waals surface area contributed by atoms with Gasteiger partial charge in [-0.25, -0.2) is 0 Å². The summed E-state index contributed by atoms with van der Waals surface area (Å²) >= 11 is 0. The van der Waals surface area contributed by atoms with Crippen LogP contribution in [0.15, 0.2) is 54.9 Å². The molecular formula is C32H41N7O. The van der Waals surface area contributed by atoms with Crippen molar-refractivity contribution in [2.75, 3.05) is 26.2 Å². The molecule has 1 unspecified atom stereocenters. The predicted octanol–water partition coefficient (Wildman–Crippen LogP) is 4.15. The van der Waals surface area contributed by atoms with Gasteiger partial charge in [-0.1, -0.05) is 24.3 Å². The molecule has 1 saturated heterocycles. The number of likely N-dealkylation sites (tertiary alicyclic amines) is 1. The number of pyridine rings is 2. The third-order valence-corrected chi connectivity index (χ3v) is 8.80. The Labute approximate surface area is 236 Å². The average Bonchev–Trinajstić information content (AvgIpc) is 3.31. The number of carbonyl (C=O) groups excluding carboxylic acids is 1. The smallest absolute Gasteiger partial charge is 0.242 e. The molecule has 1 aromatic carbocycles. The van der Waals surface area contributed by atoms with Crippen LogP contribution < -0.4 is 11.5 Å². The first kappa shape index (κ1) is 26.9. The van der Waals surface area contributed by atoms with Gasteiger partial charge in [0.2, 0.25) is 5.91 Å². The van der Waals surface area contributed by atoms with Gasteiger partial charge in [0.05, 0.1) is 22.9 Å². The number of rotatable bonds is 9. The number of hydrogen-bond acceptors (Lipinski definition) is 6. The maximum absolute atomic E-state index is 13.6. The van der Waals surface area contributed by atoms with Gasteiger partial charge in [0.25, 0.3) is 0 Å². The Balaban J connectivity index is 1.39. The number of nitrogens with zero attached hydrogens (tertiary/aromatic N) is 5. The summed E-state index contributed by atoms with van der Waals surface area (Å²) in [7, 11) is 0. The van der Waals surface area contributed by atoms with Crippen molar-refractivity contribution in [2.24, 2.45) is 11.5 Å². The predicted molar refractivity (Wildman–Crippen MR) is 160 cm³/mol. The largest absolute Gasteiger partial charge is 0.341 e. The van der Waals surface area contributed by atoms with Gasteiger partial charge in [-0.05, 0) is 81.8 Å². The average molecular weight is 540 g/mol. The van der Waals surface area contributed by atoms with Crippen LogP contribution in [-0.4, -0.2) is 62.5 Å². The highest BCUT2D eigenvalue weighted by molar-refractivity contribution is 6.09. The number of para-hydroxylation sites is 1. The number of hydrogen-bond donors (Lipinski definition) is 2. The van der Waals surface area contributed by atoms with Crippen LogP contribution in [0.5, 0.6) is 0 Å². The van der Waals surface area contributed by atoms with Crippen LogP contribution in [0.3, 0.4) is 0 Å². The summed E-state index contributed by atoms with van der Waals surface area (Å²) in [5, 5.41) is 2.31. The minimum absolute atomic E-state index is 0.148. The van der Waals surface area contributed by atoms with Crippen molar-refractivity contribution in [3.63, 3.8) is 0 Å². The molecule has 1 fully saturated rings. The van der Waals surface area contributed by atoms with E-state index in [1.54, 1.807) is 0 Å². The molecule has 40 heavy (non-hydrogen) atoms. The zero-order valence-electron chi connectivity index (χ0n) is 23.3. The molecule has 1 amide bonds. The molecule has 6 rings (SSSR count). The van der Waals surface area contributed by atoms with Crippen molar-refractivity contribution in [3.05, 3.63) is 71.8 Å². The highest BCUT2D eigenvalue weighted by Crippen LogP contribution is 2.36. The number of nitrogens with two attached hydrogens (primary N) is 2. The first-order valence-corrected chi connectivity index (χ1v) is 14.9. The Morgan fingerprint density at radius 1 is 0.975 bits per heavy atom. The monoisotopic (exact) mass is 539 g/mol. The van der Waals surface area contributed by atoms with Crippen LogP contribution >= 0.6 is 0 Å². The summed E-state index contributed by atoms with van der Waals surface area (Å²) in [6.07, 6.45) is 10.9. The first-order valence-electron chi connectivity index (χ1n) is 14.9.